The Labute approximate surface area is 155 Å². The molecule has 2 unspecified atom stereocenters. The van der Waals surface area contributed by atoms with Crippen molar-refractivity contribution in [3.63, 3.8) is 0 Å². The third-order valence-corrected chi connectivity index (χ3v) is 5.30. The first-order valence-corrected chi connectivity index (χ1v) is 8.36. The van der Waals surface area contributed by atoms with Crippen LogP contribution in [0.5, 0.6) is 0 Å². The van der Waals surface area contributed by atoms with Gasteiger partial charge in [0.15, 0.2) is 0 Å². The average Bonchev–Trinajstić information content (AvgIpc) is 3.39. The Morgan fingerprint density at radius 2 is 2.00 bits per heavy atom. The van der Waals surface area contributed by atoms with Crippen LogP contribution in [0.3, 0.4) is 0 Å². The van der Waals surface area contributed by atoms with E-state index >= 15 is 0 Å². The maximum Gasteiger partial charge on any atom is 0.231 e. The normalized spacial score (nSPS) is 21.0. The number of fused-ring (bicyclic) bond motifs is 1. The number of nitrogen functional groups attached to an aromatic ring is 2. The standard InChI is InChI=1S/C19H17N7O/c1-9-13(7-24-8-15(9)22)10-2-11-4-16(25-26-17(11)14(21)3-10)19(18(23)27)5-12(19)6-20/h2-4,7-8,12H,5,21-22H2,1H3,(H2,23,27). The molecule has 0 radical (unpaired) electrons. The van der Waals surface area contributed by atoms with Crippen LogP contribution in [0.1, 0.15) is 17.7 Å². The van der Waals surface area contributed by atoms with Gasteiger partial charge in [0.25, 0.3) is 0 Å². The molecule has 2 heterocycles. The molecule has 0 saturated heterocycles. The second-order valence-electron chi connectivity index (χ2n) is 6.86. The van der Waals surface area contributed by atoms with Crippen molar-refractivity contribution in [2.24, 2.45) is 11.7 Å². The molecule has 1 aliphatic rings. The number of pyridine rings is 1. The number of anilines is 2. The molecular weight excluding hydrogens is 342 g/mol. The number of rotatable bonds is 3. The Kier molecular flexibility index (Phi) is 3.49. The predicted molar refractivity (Wildman–Crippen MR) is 101 cm³/mol. The highest BCUT2D eigenvalue weighted by Crippen LogP contribution is 2.53. The Morgan fingerprint density at radius 1 is 1.22 bits per heavy atom. The molecule has 134 valence electrons. The lowest BCUT2D eigenvalue weighted by atomic mass is 9.95. The number of nitrogens with zero attached hydrogens (tertiary/aromatic N) is 4. The Balaban J connectivity index is 1.91. The number of carbonyl (C=O) groups excluding carboxylic acids is 1. The fraction of sp³-hybridized carbons (Fsp3) is 0.211. The fourth-order valence-corrected chi connectivity index (χ4v) is 3.49. The van der Waals surface area contributed by atoms with Gasteiger partial charge in [0, 0.05) is 17.1 Å². The van der Waals surface area contributed by atoms with Crippen molar-refractivity contribution in [1.29, 1.82) is 5.26 Å². The second kappa shape index (κ2) is 5.64. The first kappa shape index (κ1) is 16.7. The summed E-state index contributed by atoms with van der Waals surface area (Å²) in [5.74, 6) is -1.05. The van der Waals surface area contributed by atoms with Gasteiger partial charge in [-0.3, -0.25) is 9.78 Å². The minimum Gasteiger partial charge on any atom is -0.397 e. The van der Waals surface area contributed by atoms with Gasteiger partial charge in [-0.05, 0) is 42.7 Å². The molecule has 0 aliphatic heterocycles. The number of aromatic nitrogens is 3. The average molecular weight is 359 g/mol. The molecule has 1 fully saturated rings. The van der Waals surface area contributed by atoms with Gasteiger partial charge in [0.05, 0.1) is 35.3 Å². The Bertz CT molecular complexity index is 1150. The van der Waals surface area contributed by atoms with Crippen LogP contribution in [0.15, 0.2) is 30.6 Å². The molecule has 0 spiro atoms. The van der Waals surface area contributed by atoms with Crippen LogP contribution in [0.25, 0.3) is 22.0 Å². The second-order valence-corrected chi connectivity index (χ2v) is 6.86. The monoisotopic (exact) mass is 359 g/mol. The van der Waals surface area contributed by atoms with Gasteiger partial charge in [-0.25, -0.2) is 0 Å². The van der Waals surface area contributed by atoms with E-state index in [4.69, 9.17) is 17.2 Å². The Hall–Kier alpha value is -3.73. The summed E-state index contributed by atoms with van der Waals surface area (Å²) >= 11 is 0. The minimum atomic E-state index is -1.07. The summed E-state index contributed by atoms with van der Waals surface area (Å²) in [6.07, 6.45) is 3.67. The summed E-state index contributed by atoms with van der Waals surface area (Å²) in [5.41, 5.74) is 21.1. The van der Waals surface area contributed by atoms with E-state index in [0.717, 1.165) is 16.7 Å². The van der Waals surface area contributed by atoms with Gasteiger partial charge in [-0.15, -0.1) is 5.10 Å². The van der Waals surface area contributed by atoms with E-state index in [1.54, 1.807) is 24.5 Å². The zero-order chi connectivity index (χ0) is 19.3. The highest BCUT2D eigenvalue weighted by atomic mass is 16.1. The van der Waals surface area contributed by atoms with E-state index in [0.29, 0.717) is 34.4 Å². The van der Waals surface area contributed by atoms with Crippen molar-refractivity contribution in [3.05, 3.63) is 41.9 Å². The molecule has 2 aromatic heterocycles. The number of benzene rings is 1. The van der Waals surface area contributed by atoms with Crippen molar-refractivity contribution in [2.45, 2.75) is 18.8 Å². The Morgan fingerprint density at radius 3 is 2.67 bits per heavy atom. The SMILES string of the molecule is Cc1c(N)cncc1-c1cc(N)c2nnc(C3(C(N)=O)CC3C#N)cc2c1. The maximum atomic E-state index is 12.0. The van der Waals surface area contributed by atoms with Crippen LogP contribution >= 0.6 is 0 Å². The largest absolute Gasteiger partial charge is 0.397 e. The van der Waals surface area contributed by atoms with E-state index < -0.39 is 17.2 Å². The highest BCUT2D eigenvalue weighted by Gasteiger charge is 2.62. The molecular formula is C19H17N7O. The van der Waals surface area contributed by atoms with Crippen LogP contribution in [0, 0.1) is 24.2 Å². The van der Waals surface area contributed by atoms with Gasteiger partial charge < -0.3 is 17.2 Å². The fourth-order valence-electron chi connectivity index (χ4n) is 3.49. The van der Waals surface area contributed by atoms with Crippen molar-refractivity contribution in [2.75, 3.05) is 11.5 Å². The summed E-state index contributed by atoms with van der Waals surface area (Å²) in [5, 5.41) is 18.2. The quantitative estimate of drug-likeness (QED) is 0.597. The maximum absolute atomic E-state index is 12.0. The molecule has 3 aromatic rings. The molecule has 1 amide bonds. The molecule has 1 aromatic carbocycles. The topological polar surface area (TPSA) is 158 Å². The van der Waals surface area contributed by atoms with E-state index in [1.807, 2.05) is 13.0 Å². The highest BCUT2D eigenvalue weighted by molar-refractivity contribution is 5.96. The smallest absolute Gasteiger partial charge is 0.231 e. The lowest BCUT2D eigenvalue weighted by Crippen LogP contribution is -2.31. The number of primary amides is 1. The number of hydrogen-bond donors (Lipinski definition) is 3. The zero-order valence-corrected chi connectivity index (χ0v) is 14.6. The van der Waals surface area contributed by atoms with E-state index in [2.05, 4.69) is 21.3 Å². The third-order valence-electron chi connectivity index (χ3n) is 5.30. The van der Waals surface area contributed by atoms with E-state index in [9.17, 15) is 10.1 Å². The number of nitrogens with two attached hydrogens (primary N) is 3. The van der Waals surface area contributed by atoms with Crippen molar-refractivity contribution >= 4 is 28.2 Å². The van der Waals surface area contributed by atoms with E-state index in [-0.39, 0.29) is 0 Å². The summed E-state index contributed by atoms with van der Waals surface area (Å²) in [6, 6.07) is 7.53. The molecule has 6 N–H and O–H groups in total. The van der Waals surface area contributed by atoms with E-state index in [1.165, 1.54) is 0 Å². The number of amides is 1. The zero-order valence-electron chi connectivity index (χ0n) is 14.6. The molecule has 1 aliphatic carbocycles. The van der Waals surface area contributed by atoms with Crippen LogP contribution < -0.4 is 17.2 Å². The molecule has 0 bridgehead atoms. The predicted octanol–water partition coefficient (Wildman–Crippen LogP) is 1.43. The summed E-state index contributed by atoms with van der Waals surface area (Å²) in [4.78, 5) is 16.1. The van der Waals surface area contributed by atoms with Gasteiger partial charge >= 0.3 is 0 Å². The van der Waals surface area contributed by atoms with Gasteiger partial charge in [0.2, 0.25) is 5.91 Å². The molecule has 2 atom stereocenters. The van der Waals surface area contributed by atoms with Crippen LogP contribution in [0.2, 0.25) is 0 Å². The first-order chi connectivity index (χ1) is 12.9. The van der Waals surface area contributed by atoms with Crippen LogP contribution in [0.4, 0.5) is 11.4 Å². The molecule has 8 heteroatoms. The van der Waals surface area contributed by atoms with Gasteiger partial charge in [0.1, 0.15) is 10.9 Å². The molecule has 4 rings (SSSR count). The van der Waals surface area contributed by atoms with Crippen molar-refractivity contribution in [3.8, 4) is 17.2 Å². The number of carbonyl (C=O) groups is 1. The van der Waals surface area contributed by atoms with Crippen LogP contribution in [-0.2, 0) is 10.2 Å². The lowest BCUT2D eigenvalue weighted by Gasteiger charge is -2.13. The molecule has 1 saturated carbocycles. The first-order valence-electron chi connectivity index (χ1n) is 8.36. The van der Waals surface area contributed by atoms with Crippen molar-refractivity contribution < 1.29 is 4.79 Å². The van der Waals surface area contributed by atoms with Crippen molar-refractivity contribution in [1.82, 2.24) is 15.2 Å². The summed E-state index contributed by atoms with van der Waals surface area (Å²) < 4.78 is 0. The van der Waals surface area contributed by atoms with Crippen LogP contribution in [-0.4, -0.2) is 21.1 Å². The molecule has 27 heavy (non-hydrogen) atoms. The molecule has 8 nitrogen and oxygen atoms in total. The van der Waals surface area contributed by atoms with Gasteiger partial charge in [-0.2, -0.15) is 10.4 Å². The third kappa shape index (κ3) is 2.36. The summed E-state index contributed by atoms with van der Waals surface area (Å²) in [7, 11) is 0. The number of hydrogen-bond acceptors (Lipinski definition) is 7. The summed E-state index contributed by atoms with van der Waals surface area (Å²) in [6.45, 7) is 1.91. The minimum absolute atomic E-state index is 0.354. The van der Waals surface area contributed by atoms with Gasteiger partial charge in [-0.1, -0.05) is 0 Å². The number of nitriles is 1. The lowest BCUT2D eigenvalue weighted by molar-refractivity contribution is -0.120.